The molecule has 0 fully saturated rings. The third-order valence-corrected chi connectivity index (χ3v) is 11.7. The molecule has 0 radical (unpaired) electrons. The molecule has 2 heteroatoms. The first-order chi connectivity index (χ1) is 26.6. The van der Waals surface area contributed by atoms with Crippen molar-refractivity contribution < 1.29 is 0 Å². The molecule has 0 unspecified atom stereocenters. The molecule has 0 N–H and O–H groups in total. The van der Waals surface area contributed by atoms with Gasteiger partial charge >= 0.3 is 0 Å². The Hall–Kier alpha value is -6.64. The fourth-order valence-corrected chi connectivity index (χ4v) is 9.27. The summed E-state index contributed by atoms with van der Waals surface area (Å²) >= 11 is 0. The Kier molecular flexibility index (Phi) is 7.42. The molecule has 0 bridgehead atoms. The molecule has 258 valence electrons. The van der Waals surface area contributed by atoms with Crippen molar-refractivity contribution >= 4 is 34.1 Å². The molecule has 0 amide bonds. The summed E-state index contributed by atoms with van der Waals surface area (Å²) in [7, 11) is 0. The first-order valence-electron chi connectivity index (χ1n) is 18.9. The SMILES string of the molecule is CC1(C)c2cc(N(c3ccccc3)c3ccccc3)ccc2N(c2ccccc2)c2ccc(C3(c4ccccc4)c4ccccc4-c4ccccc43)cc21. The second-order valence-electron chi connectivity index (χ2n) is 14.9. The van der Waals surface area contributed by atoms with E-state index in [1.807, 2.05) is 0 Å². The van der Waals surface area contributed by atoms with Gasteiger partial charge in [-0.25, -0.2) is 0 Å². The molecule has 2 nitrogen and oxygen atoms in total. The molecule has 54 heavy (non-hydrogen) atoms. The van der Waals surface area contributed by atoms with E-state index >= 15 is 0 Å². The first kappa shape index (κ1) is 32.0. The number of benzene rings is 8. The first-order valence-corrected chi connectivity index (χ1v) is 18.9. The third-order valence-electron chi connectivity index (χ3n) is 11.7. The second kappa shape index (κ2) is 12.5. The van der Waals surface area contributed by atoms with Crippen molar-refractivity contribution in [1.29, 1.82) is 0 Å². The smallest absolute Gasteiger partial charge is 0.0713 e. The molecule has 0 aromatic heterocycles. The second-order valence-corrected chi connectivity index (χ2v) is 14.9. The van der Waals surface area contributed by atoms with Gasteiger partial charge in [-0.3, -0.25) is 0 Å². The van der Waals surface area contributed by atoms with Crippen molar-refractivity contribution in [2.75, 3.05) is 9.80 Å². The minimum absolute atomic E-state index is 0.337. The zero-order chi connectivity index (χ0) is 36.3. The highest BCUT2D eigenvalue weighted by molar-refractivity contribution is 5.91. The van der Waals surface area contributed by atoms with Gasteiger partial charge in [-0.15, -0.1) is 0 Å². The molecule has 10 rings (SSSR count). The lowest BCUT2D eigenvalue weighted by Gasteiger charge is -2.44. The minimum atomic E-state index is -0.476. The molecule has 0 atom stereocenters. The van der Waals surface area contributed by atoms with Crippen LogP contribution < -0.4 is 9.80 Å². The Morgan fingerprint density at radius 1 is 0.370 bits per heavy atom. The van der Waals surface area contributed by atoms with E-state index in [9.17, 15) is 0 Å². The van der Waals surface area contributed by atoms with Gasteiger partial charge in [0.2, 0.25) is 0 Å². The number of hydrogen-bond donors (Lipinski definition) is 0. The summed E-state index contributed by atoms with van der Waals surface area (Å²) in [5, 5.41) is 0. The predicted molar refractivity (Wildman–Crippen MR) is 225 cm³/mol. The van der Waals surface area contributed by atoms with Crippen LogP contribution in [0.3, 0.4) is 0 Å². The molecule has 0 saturated heterocycles. The third kappa shape index (κ3) is 4.73. The molecule has 0 spiro atoms. The molecule has 1 aliphatic carbocycles. The average Bonchev–Trinajstić information content (AvgIpc) is 3.54. The van der Waals surface area contributed by atoms with Gasteiger partial charge in [0.05, 0.1) is 16.8 Å². The fourth-order valence-electron chi connectivity index (χ4n) is 9.27. The van der Waals surface area contributed by atoms with Crippen LogP contribution in [-0.4, -0.2) is 0 Å². The van der Waals surface area contributed by atoms with Crippen molar-refractivity contribution in [1.82, 2.24) is 0 Å². The van der Waals surface area contributed by atoms with Crippen molar-refractivity contribution in [2.45, 2.75) is 24.7 Å². The van der Waals surface area contributed by atoms with Gasteiger partial charge in [-0.1, -0.05) is 159 Å². The predicted octanol–water partition coefficient (Wildman–Crippen LogP) is 13.6. The van der Waals surface area contributed by atoms with E-state index in [0.717, 1.165) is 22.7 Å². The van der Waals surface area contributed by atoms with E-state index in [1.54, 1.807) is 0 Å². The van der Waals surface area contributed by atoms with Crippen molar-refractivity contribution in [3.8, 4) is 11.1 Å². The van der Waals surface area contributed by atoms with Crippen LogP contribution in [0.15, 0.2) is 206 Å². The highest BCUT2D eigenvalue weighted by Crippen LogP contribution is 2.59. The Labute approximate surface area is 318 Å². The van der Waals surface area contributed by atoms with Crippen LogP contribution in [-0.2, 0) is 10.8 Å². The van der Waals surface area contributed by atoms with Crippen LogP contribution in [0, 0.1) is 0 Å². The van der Waals surface area contributed by atoms with E-state index in [4.69, 9.17) is 0 Å². The van der Waals surface area contributed by atoms with Crippen LogP contribution in [0.5, 0.6) is 0 Å². The lowest BCUT2D eigenvalue weighted by molar-refractivity contribution is 0.627. The summed E-state index contributed by atoms with van der Waals surface area (Å²) in [6, 6.07) is 75.7. The Morgan fingerprint density at radius 3 is 1.41 bits per heavy atom. The summed E-state index contributed by atoms with van der Waals surface area (Å²) in [6.07, 6.45) is 0. The average molecular weight is 693 g/mol. The zero-order valence-corrected chi connectivity index (χ0v) is 30.5. The van der Waals surface area contributed by atoms with Gasteiger partial charge in [0.25, 0.3) is 0 Å². The highest BCUT2D eigenvalue weighted by atomic mass is 15.2. The van der Waals surface area contributed by atoms with Crippen molar-refractivity contribution in [2.24, 2.45) is 0 Å². The summed E-state index contributed by atoms with van der Waals surface area (Å²) in [5.74, 6) is 0. The minimum Gasteiger partial charge on any atom is -0.310 e. The summed E-state index contributed by atoms with van der Waals surface area (Å²) in [6.45, 7) is 4.81. The fraction of sp³-hybridized carbons (Fsp3) is 0.0769. The lowest BCUT2D eigenvalue weighted by atomic mass is 9.65. The van der Waals surface area contributed by atoms with Crippen molar-refractivity contribution in [3.63, 3.8) is 0 Å². The van der Waals surface area contributed by atoms with Gasteiger partial charge < -0.3 is 9.80 Å². The number of nitrogens with zero attached hydrogens (tertiary/aromatic N) is 2. The summed E-state index contributed by atoms with van der Waals surface area (Å²) in [4.78, 5) is 4.83. The molecule has 8 aromatic carbocycles. The molecular weight excluding hydrogens is 653 g/mol. The Morgan fingerprint density at radius 2 is 0.833 bits per heavy atom. The summed E-state index contributed by atoms with van der Waals surface area (Å²) < 4.78 is 0. The molecular formula is C52H40N2. The molecule has 1 aliphatic heterocycles. The normalized spacial score (nSPS) is 14.4. The Balaban J connectivity index is 1.23. The number of para-hydroxylation sites is 3. The maximum atomic E-state index is 2.53. The number of rotatable bonds is 6. The molecule has 2 aliphatic rings. The number of anilines is 6. The van der Waals surface area contributed by atoms with Gasteiger partial charge in [0, 0.05) is 28.2 Å². The molecule has 8 aromatic rings. The van der Waals surface area contributed by atoms with E-state index in [1.165, 1.54) is 55.9 Å². The van der Waals surface area contributed by atoms with E-state index in [2.05, 4.69) is 230 Å². The standard InChI is InChI=1S/C52H40N2/c1-51(2)47-35-38(52(37-19-7-3-8-20-37)45-29-17-15-27-43(45)44-28-16-18-30-46(44)52)31-33-49(47)54(41-25-13-6-14-26-41)50-34-32-42(36-48(50)51)53(39-21-9-4-10-22-39)40-23-11-5-12-24-40/h3-36H,1-2H3. The van der Waals surface area contributed by atoms with Gasteiger partial charge in [0.1, 0.15) is 0 Å². The topological polar surface area (TPSA) is 6.48 Å². The van der Waals surface area contributed by atoms with Crippen LogP contribution in [0.2, 0.25) is 0 Å². The zero-order valence-electron chi connectivity index (χ0n) is 30.5. The number of fused-ring (bicyclic) bond motifs is 5. The van der Waals surface area contributed by atoms with Gasteiger partial charge in [0.15, 0.2) is 0 Å². The molecule has 1 heterocycles. The van der Waals surface area contributed by atoms with E-state index in [-0.39, 0.29) is 5.41 Å². The van der Waals surface area contributed by atoms with Crippen LogP contribution in [0.25, 0.3) is 11.1 Å². The van der Waals surface area contributed by atoms with E-state index < -0.39 is 5.41 Å². The maximum Gasteiger partial charge on any atom is 0.0713 e. The number of hydrogen-bond acceptors (Lipinski definition) is 2. The quantitative estimate of drug-likeness (QED) is 0.171. The maximum absolute atomic E-state index is 2.53. The van der Waals surface area contributed by atoms with Crippen LogP contribution >= 0.6 is 0 Å². The lowest BCUT2D eigenvalue weighted by Crippen LogP contribution is -2.33. The monoisotopic (exact) mass is 692 g/mol. The largest absolute Gasteiger partial charge is 0.310 e. The molecule has 0 saturated carbocycles. The van der Waals surface area contributed by atoms with Crippen LogP contribution in [0.4, 0.5) is 34.1 Å². The van der Waals surface area contributed by atoms with Crippen molar-refractivity contribution in [3.05, 3.63) is 240 Å². The highest BCUT2D eigenvalue weighted by Gasteiger charge is 2.47. The van der Waals surface area contributed by atoms with Crippen LogP contribution in [0.1, 0.15) is 47.2 Å². The van der Waals surface area contributed by atoms with Gasteiger partial charge in [-0.2, -0.15) is 0 Å². The summed E-state index contributed by atoms with van der Waals surface area (Å²) in [5.41, 5.74) is 16.5. The van der Waals surface area contributed by atoms with Gasteiger partial charge in [-0.05, 0) is 105 Å². The Bertz CT molecular complexity index is 2540. The van der Waals surface area contributed by atoms with E-state index in [0.29, 0.717) is 0 Å².